The lowest BCUT2D eigenvalue weighted by molar-refractivity contribution is 0.911. The molecular weight excluding hydrogens is 170 g/mol. The molecule has 1 nitrogen and oxygen atoms in total. The van der Waals surface area contributed by atoms with E-state index < -0.39 is 0 Å². The molecule has 1 heteroatoms. The van der Waals surface area contributed by atoms with Gasteiger partial charge in [-0.25, -0.2) is 0 Å². The minimum Gasteiger partial charge on any atom is -0.374 e. The SMILES string of the molecule is C#CCCN(C)c1cc(C)cc(C)c1. The summed E-state index contributed by atoms with van der Waals surface area (Å²) in [7, 11) is 2.07. The maximum Gasteiger partial charge on any atom is 0.0369 e. The van der Waals surface area contributed by atoms with Crippen molar-refractivity contribution in [1.82, 2.24) is 0 Å². The number of anilines is 1. The van der Waals surface area contributed by atoms with E-state index in [2.05, 4.69) is 49.9 Å². The second-order valence-corrected chi connectivity index (χ2v) is 3.72. The highest BCUT2D eigenvalue weighted by Crippen LogP contribution is 2.17. The Morgan fingerprint density at radius 2 is 1.79 bits per heavy atom. The third-order valence-corrected chi connectivity index (χ3v) is 2.24. The van der Waals surface area contributed by atoms with Crippen LogP contribution in [0.15, 0.2) is 18.2 Å². The highest BCUT2D eigenvalue weighted by atomic mass is 15.1. The molecule has 0 aromatic heterocycles. The molecule has 0 spiro atoms. The van der Waals surface area contributed by atoms with Gasteiger partial charge in [0.05, 0.1) is 0 Å². The van der Waals surface area contributed by atoms with Gasteiger partial charge in [-0.1, -0.05) is 6.07 Å². The molecule has 0 saturated carbocycles. The van der Waals surface area contributed by atoms with Gasteiger partial charge >= 0.3 is 0 Å². The molecule has 1 aromatic rings. The fraction of sp³-hybridized carbons (Fsp3) is 0.385. The standard InChI is InChI=1S/C13H17N/c1-5-6-7-14(4)13-9-11(2)8-12(3)10-13/h1,8-10H,6-7H2,2-4H3. The van der Waals surface area contributed by atoms with Crippen molar-refractivity contribution in [2.24, 2.45) is 0 Å². The Labute approximate surface area is 86.7 Å². The van der Waals surface area contributed by atoms with Gasteiger partial charge in [0.25, 0.3) is 0 Å². The van der Waals surface area contributed by atoms with E-state index in [-0.39, 0.29) is 0 Å². The van der Waals surface area contributed by atoms with Crippen LogP contribution in [0.25, 0.3) is 0 Å². The molecule has 14 heavy (non-hydrogen) atoms. The van der Waals surface area contributed by atoms with E-state index >= 15 is 0 Å². The van der Waals surface area contributed by atoms with Crippen LogP contribution < -0.4 is 4.90 Å². The molecule has 0 unspecified atom stereocenters. The summed E-state index contributed by atoms with van der Waals surface area (Å²) >= 11 is 0. The lowest BCUT2D eigenvalue weighted by Crippen LogP contribution is -2.18. The molecule has 0 heterocycles. The normalized spacial score (nSPS) is 9.57. The van der Waals surface area contributed by atoms with Crippen molar-refractivity contribution in [2.75, 3.05) is 18.5 Å². The van der Waals surface area contributed by atoms with Gasteiger partial charge < -0.3 is 4.90 Å². The monoisotopic (exact) mass is 187 g/mol. The number of terminal acetylenes is 1. The molecule has 0 aliphatic carbocycles. The Bertz CT molecular complexity index is 326. The zero-order valence-corrected chi connectivity index (χ0v) is 9.17. The van der Waals surface area contributed by atoms with Crippen molar-refractivity contribution in [2.45, 2.75) is 20.3 Å². The lowest BCUT2D eigenvalue weighted by Gasteiger charge is -2.19. The summed E-state index contributed by atoms with van der Waals surface area (Å²) in [6.45, 7) is 5.15. The second-order valence-electron chi connectivity index (χ2n) is 3.72. The highest BCUT2D eigenvalue weighted by molar-refractivity contribution is 5.50. The lowest BCUT2D eigenvalue weighted by atomic mass is 10.1. The van der Waals surface area contributed by atoms with Crippen LogP contribution in [0.4, 0.5) is 5.69 Å². The highest BCUT2D eigenvalue weighted by Gasteiger charge is 2.00. The van der Waals surface area contributed by atoms with Gasteiger partial charge in [0.15, 0.2) is 0 Å². The molecule has 0 atom stereocenters. The molecule has 1 rings (SSSR count). The zero-order valence-electron chi connectivity index (χ0n) is 9.17. The van der Waals surface area contributed by atoms with Crippen molar-refractivity contribution in [3.8, 4) is 12.3 Å². The van der Waals surface area contributed by atoms with Gasteiger partial charge in [0.2, 0.25) is 0 Å². The van der Waals surface area contributed by atoms with Gasteiger partial charge in [0, 0.05) is 25.7 Å². The fourth-order valence-corrected chi connectivity index (χ4v) is 1.53. The molecule has 74 valence electrons. The van der Waals surface area contributed by atoms with Crippen LogP contribution in [0.2, 0.25) is 0 Å². The predicted molar refractivity (Wildman–Crippen MR) is 62.6 cm³/mol. The molecule has 0 amide bonds. The minimum absolute atomic E-state index is 0.795. The van der Waals surface area contributed by atoms with E-state index in [0.717, 1.165) is 13.0 Å². The van der Waals surface area contributed by atoms with Crippen molar-refractivity contribution in [3.63, 3.8) is 0 Å². The molecule has 0 aliphatic rings. The average molecular weight is 187 g/mol. The summed E-state index contributed by atoms with van der Waals surface area (Å²) in [5.74, 6) is 2.66. The summed E-state index contributed by atoms with van der Waals surface area (Å²) < 4.78 is 0. The van der Waals surface area contributed by atoms with Crippen molar-refractivity contribution >= 4 is 5.69 Å². The van der Waals surface area contributed by atoms with Gasteiger partial charge in [0.1, 0.15) is 0 Å². The predicted octanol–water partition coefficient (Wildman–Crippen LogP) is 2.76. The molecule has 0 fully saturated rings. The average Bonchev–Trinajstić information content (AvgIpc) is 2.12. The maximum absolute atomic E-state index is 5.24. The van der Waals surface area contributed by atoms with E-state index in [9.17, 15) is 0 Å². The minimum atomic E-state index is 0.795. The Morgan fingerprint density at radius 1 is 1.21 bits per heavy atom. The van der Waals surface area contributed by atoms with Crippen LogP contribution in [-0.2, 0) is 0 Å². The van der Waals surface area contributed by atoms with Crippen molar-refractivity contribution in [1.29, 1.82) is 0 Å². The first-order valence-corrected chi connectivity index (χ1v) is 4.86. The van der Waals surface area contributed by atoms with Crippen LogP contribution in [0.3, 0.4) is 0 Å². The number of aryl methyl sites for hydroxylation is 2. The summed E-state index contributed by atoms with van der Waals surface area (Å²) in [6.07, 6.45) is 6.03. The molecule has 0 radical (unpaired) electrons. The van der Waals surface area contributed by atoms with E-state index in [4.69, 9.17) is 6.42 Å². The second kappa shape index (κ2) is 4.72. The molecule has 1 aromatic carbocycles. The van der Waals surface area contributed by atoms with Crippen LogP contribution in [0.1, 0.15) is 17.5 Å². The summed E-state index contributed by atoms with van der Waals surface area (Å²) in [6, 6.07) is 6.55. The van der Waals surface area contributed by atoms with Gasteiger partial charge in [-0.15, -0.1) is 12.3 Å². The third kappa shape index (κ3) is 2.81. The van der Waals surface area contributed by atoms with Gasteiger partial charge in [-0.2, -0.15) is 0 Å². The Hall–Kier alpha value is -1.42. The quantitative estimate of drug-likeness (QED) is 0.658. The van der Waals surface area contributed by atoms with Gasteiger partial charge in [-0.3, -0.25) is 0 Å². The van der Waals surface area contributed by atoms with Crippen LogP contribution >= 0.6 is 0 Å². The topological polar surface area (TPSA) is 3.24 Å². The number of rotatable bonds is 3. The largest absolute Gasteiger partial charge is 0.374 e. The van der Waals surface area contributed by atoms with Crippen molar-refractivity contribution < 1.29 is 0 Å². The van der Waals surface area contributed by atoms with Gasteiger partial charge in [-0.05, 0) is 37.1 Å². The Kier molecular flexibility index (Phi) is 3.59. The van der Waals surface area contributed by atoms with Crippen LogP contribution in [-0.4, -0.2) is 13.6 Å². The maximum atomic E-state index is 5.24. The van der Waals surface area contributed by atoms with Crippen LogP contribution in [0.5, 0.6) is 0 Å². The van der Waals surface area contributed by atoms with Crippen LogP contribution in [0, 0.1) is 26.2 Å². The number of benzene rings is 1. The molecule has 0 aliphatic heterocycles. The number of nitrogens with zero attached hydrogens (tertiary/aromatic N) is 1. The smallest absolute Gasteiger partial charge is 0.0369 e. The molecule has 0 saturated heterocycles. The fourth-order valence-electron chi connectivity index (χ4n) is 1.53. The van der Waals surface area contributed by atoms with E-state index in [1.807, 2.05) is 0 Å². The summed E-state index contributed by atoms with van der Waals surface area (Å²) in [5.41, 5.74) is 3.85. The first-order chi connectivity index (χ1) is 6.63. The Balaban J connectivity index is 2.79. The summed E-state index contributed by atoms with van der Waals surface area (Å²) in [4.78, 5) is 2.19. The zero-order chi connectivity index (χ0) is 10.6. The van der Waals surface area contributed by atoms with E-state index in [1.54, 1.807) is 0 Å². The summed E-state index contributed by atoms with van der Waals surface area (Å²) in [5, 5.41) is 0. The van der Waals surface area contributed by atoms with Crippen molar-refractivity contribution in [3.05, 3.63) is 29.3 Å². The third-order valence-electron chi connectivity index (χ3n) is 2.24. The number of hydrogen-bond donors (Lipinski definition) is 0. The van der Waals surface area contributed by atoms with E-state index in [1.165, 1.54) is 16.8 Å². The molecule has 0 bridgehead atoms. The number of hydrogen-bond acceptors (Lipinski definition) is 1. The first kappa shape index (κ1) is 10.7. The molecular formula is C13H17N. The Morgan fingerprint density at radius 3 is 2.29 bits per heavy atom. The van der Waals surface area contributed by atoms with E-state index in [0.29, 0.717) is 0 Å². The molecule has 0 N–H and O–H groups in total. The first-order valence-electron chi connectivity index (χ1n) is 4.86.